The molecule has 70 valence electrons. The molecule has 1 aromatic heterocycles. The maximum atomic E-state index is 12.8. The smallest absolute Gasteiger partial charge is 0.159 e. The zero-order valence-corrected chi connectivity index (χ0v) is 7.62. The number of carbonyl (C=O) groups excluding carboxylic acids is 1. The number of benzene rings is 1. The summed E-state index contributed by atoms with van der Waals surface area (Å²) in [6.45, 7) is 1.49. The molecule has 0 spiro atoms. The Hall–Kier alpha value is -1.77. The van der Waals surface area contributed by atoms with Gasteiger partial charge in [0.05, 0.1) is 11.7 Å². The van der Waals surface area contributed by atoms with E-state index in [2.05, 4.69) is 4.98 Å². The summed E-state index contributed by atoms with van der Waals surface area (Å²) >= 11 is 0. The third kappa shape index (κ3) is 1.48. The summed E-state index contributed by atoms with van der Waals surface area (Å²) in [5, 5.41) is 0.704. The van der Waals surface area contributed by atoms with Gasteiger partial charge in [0.1, 0.15) is 5.82 Å². The minimum Gasteiger partial charge on any atom is -0.295 e. The van der Waals surface area contributed by atoms with Crippen molar-refractivity contribution >= 4 is 16.7 Å². The molecule has 0 bridgehead atoms. The fourth-order valence-corrected chi connectivity index (χ4v) is 1.31. The molecule has 0 unspecified atom stereocenters. The highest BCUT2D eigenvalue weighted by molar-refractivity contribution is 5.97. The SMILES string of the molecule is CC(=O)c1ccc2cc(F)cnc2c1. The van der Waals surface area contributed by atoms with Gasteiger partial charge in [-0.2, -0.15) is 0 Å². The number of carbonyl (C=O) groups is 1. The van der Waals surface area contributed by atoms with Gasteiger partial charge in [-0.25, -0.2) is 4.39 Å². The lowest BCUT2D eigenvalue weighted by Crippen LogP contribution is -1.92. The van der Waals surface area contributed by atoms with Crippen LogP contribution in [-0.2, 0) is 0 Å². The van der Waals surface area contributed by atoms with Crippen LogP contribution in [0.5, 0.6) is 0 Å². The molecule has 2 nitrogen and oxygen atoms in total. The lowest BCUT2D eigenvalue weighted by molar-refractivity contribution is 0.101. The van der Waals surface area contributed by atoms with Gasteiger partial charge in [-0.05, 0) is 19.1 Å². The van der Waals surface area contributed by atoms with E-state index in [9.17, 15) is 9.18 Å². The zero-order valence-electron chi connectivity index (χ0n) is 7.62. The van der Waals surface area contributed by atoms with Gasteiger partial charge in [0, 0.05) is 10.9 Å². The molecule has 0 radical (unpaired) electrons. The monoisotopic (exact) mass is 189 g/mol. The highest BCUT2D eigenvalue weighted by atomic mass is 19.1. The Balaban J connectivity index is 2.67. The van der Waals surface area contributed by atoms with Crippen molar-refractivity contribution in [1.29, 1.82) is 0 Å². The molecule has 0 atom stereocenters. The van der Waals surface area contributed by atoms with Gasteiger partial charge >= 0.3 is 0 Å². The largest absolute Gasteiger partial charge is 0.295 e. The molecule has 0 aliphatic rings. The number of pyridine rings is 1. The van der Waals surface area contributed by atoms with E-state index in [4.69, 9.17) is 0 Å². The normalized spacial score (nSPS) is 10.4. The number of Topliss-reactive ketones (excluding diaryl/α,β-unsaturated/α-hetero) is 1. The van der Waals surface area contributed by atoms with Crippen LogP contribution < -0.4 is 0 Å². The second kappa shape index (κ2) is 3.18. The van der Waals surface area contributed by atoms with Crippen molar-refractivity contribution in [2.45, 2.75) is 6.92 Å². The van der Waals surface area contributed by atoms with E-state index in [0.29, 0.717) is 16.5 Å². The predicted molar refractivity (Wildman–Crippen MR) is 51.7 cm³/mol. The summed E-state index contributed by atoms with van der Waals surface area (Å²) < 4.78 is 12.8. The highest BCUT2D eigenvalue weighted by Crippen LogP contribution is 2.14. The lowest BCUT2D eigenvalue weighted by atomic mass is 10.1. The molecule has 14 heavy (non-hydrogen) atoms. The number of nitrogens with zero attached hydrogens (tertiary/aromatic N) is 1. The summed E-state index contributed by atoms with van der Waals surface area (Å²) in [6.07, 6.45) is 1.15. The predicted octanol–water partition coefficient (Wildman–Crippen LogP) is 2.58. The topological polar surface area (TPSA) is 30.0 Å². The molecule has 1 heterocycles. The third-order valence-corrected chi connectivity index (χ3v) is 2.06. The van der Waals surface area contributed by atoms with E-state index in [1.807, 2.05) is 0 Å². The first kappa shape index (κ1) is 8.81. The molecule has 0 saturated heterocycles. The maximum absolute atomic E-state index is 12.8. The van der Waals surface area contributed by atoms with Crippen LogP contribution in [0.2, 0.25) is 0 Å². The van der Waals surface area contributed by atoms with Crippen LogP contribution >= 0.6 is 0 Å². The van der Waals surface area contributed by atoms with Gasteiger partial charge in [-0.1, -0.05) is 12.1 Å². The molecule has 0 saturated carbocycles. The Morgan fingerprint density at radius 3 is 2.86 bits per heavy atom. The summed E-state index contributed by atoms with van der Waals surface area (Å²) in [5.41, 5.74) is 1.23. The number of ketones is 1. The average Bonchev–Trinajstić information content (AvgIpc) is 2.16. The van der Waals surface area contributed by atoms with Crippen LogP contribution in [0.25, 0.3) is 10.9 Å². The molecule has 0 N–H and O–H groups in total. The van der Waals surface area contributed by atoms with E-state index in [0.717, 1.165) is 6.20 Å². The molecular weight excluding hydrogens is 181 g/mol. The van der Waals surface area contributed by atoms with Gasteiger partial charge in [0.15, 0.2) is 5.78 Å². The maximum Gasteiger partial charge on any atom is 0.159 e. The molecular formula is C11H8FNO. The number of hydrogen-bond donors (Lipinski definition) is 0. The van der Waals surface area contributed by atoms with Crippen LogP contribution in [0, 0.1) is 5.82 Å². The summed E-state index contributed by atoms with van der Waals surface area (Å²) in [6, 6.07) is 6.43. The van der Waals surface area contributed by atoms with Crippen LogP contribution in [0.15, 0.2) is 30.5 Å². The van der Waals surface area contributed by atoms with Crippen LogP contribution in [0.3, 0.4) is 0 Å². The first-order valence-corrected chi connectivity index (χ1v) is 4.23. The molecule has 0 fully saturated rings. The summed E-state index contributed by atoms with van der Waals surface area (Å²) in [7, 11) is 0. The third-order valence-electron chi connectivity index (χ3n) is 2.06. The van der Waals surface area contributed by atoms with Crippen LogP contribution in [0.1, 0.15) is 17.3 Å². The lowest BCUT2D eigenvalue weighted by Gasteiger charge is -1.99. The van der Waals surface area contributed by atoms with Gasteiger partial charge in [-0.3, -0.25) is 9.78 Å². The first-order valence-electron chi connectivity index (χ1n) is 4.23. The molecule has 0 aliphatic heterocycles. The number of aromatic nitrogens is 1. The van der Waals surface area contributed by atoms with E-state index < -0.39 is 0 Å². The minimum absolute atomic E-state index is 0.0157. The quantitative estimate of drug-likeness (QED) is 0.645. The number of fused-ring (bicyclic) bond motifs is 1. The Kier molecular flexibility index (Phi) is 2.00. The fraction of sp³-hybridized carbons (Fsp3) is 0.0909. The standard InChI is InChI=1S/C11H8FNO/c1-7(14)8-2-3-9-4-10(12)6-13-11(9)5-8/h2-6H,1H3. The molecule has 0 aliphatic carbocycles. The van der Waals surface area contributed by atoms with E-state index >= 15 is 0 Å². The van der Waals surface area contributed by atoms with Crippen molar-refractivity contribution in [1.82, 2.24) is 4.98 Å². The summed E-state index contributed by atoms with van der Waals surface area (Å²) in [5.74, 6) is -0.383. The molecule has 2 aromatic rings. The number of halogens is 1. The van der Waals surface area contributed by atoms with Crippen molar-refractivity contribution < 1.29 is 9.18 Å². The van der Waals surface area contributed by atoms with E-state index in [-0.39, 0.29) is 11.6 Å². The van der Waals surface area contributed by atoms with Crippen molar-refractivity contribution in [3.05, 3.63) is 41.8 Å². The highest BCUT2D eigenvalue weighted by Gasteiger charge is 2.02. The van der Waals surface area contributed by atoms with Crippen LogP contribution in [-0.4, -0.2) is 10.8 Å². The van der Waals surface area contributed by atoms with Crippen LogP contribution in [0.4, 0.5) is 4.39 Å². The first-order chi connectivity index (χ1) is 6.66. The molecule has 3 heteroatoms. The van der Waals surface area contributed by atoms with Gasteiger partial charge in [0.2, 0.25) is 0 Å². The Labute approximate surface area is 80.4 Å². The summed E-state index contributed by atoms with van der Waals surface area (Å²) in [4.78, 5) is 15.0. The Morgan fingerprint density at radius 1 is 1.36 bits per heavy atom. The average molecular weight is 189 g/mol. The van der Waals surface area contributed by atoms with E-state index in [1.165, 1.54) is 13.0 Å². The van der Waals surface area contributed by atoms with Crippen molar-refractivity contribution in [3.63, 3.8) is 0 Å². The number of rotatable bonds is 1. The van der Waals surface area contributed by atoms with Crippen molar-refractivity contribution in [3.8, 4) is 0 Å². The van der Waals surface area contributed by atoms with Crippen molar-refractivity contribution in [2.24, 2.45) is 0 Å². The second-order valence-electron chi connectivity index (χ2n) is 3.12. The molecule has 2 rings (SSSR count). The fourth-order valence-electron chi connectivity index (χ4n) is 1.31. The molecule has 1 aromatic carbocycles. The Bertz CT molecular complexity index is 508. The van der Waals surface area contributed by atoms with Crippen molar-refractivity contribution in [2.75, 3.05) is 0 Å². The van der Waals surface area contributed by atoms with Gasteiger partial charge < -0.3 is 0 Å². The second-order valence-corrected chi connectivity index (χ2v) is 3.12. The minimum atomic E-state index is -0.368. The number of hydrogen-bond acceptors (Lipinski definition) is 2. The van der Waals surface area contributed by atoms with Gasteiger partial charge in [0.25, 0.3) is 0 Å². The zero-order chi connectivity index (χ0) is 10.1. The Morgan fingerprint density at radius 2 is 2.14 bits per heavy atom. The van der Waals surface area contributed by atoms with Gasteiger partial charge in [-0.15, -0.1) is 0 Å². The molecule has 0 amide bonds. The van der Waals surface area contributed by atoms with E-state index in [1.54, 1.807) is 18.2 Å².